The summed E-state index contributed by atoms with van der Waals surface area (Å²) in [7, 11) is 6.46. The van der Waals surface area contributed by atoms with Gasteiger partial charge in [0.1, 0.15) is 12.3 Å². The first-order valence-electron chi connectivity index (χ1n) is 9.25. The number of carbonyl (C=O) groups excluding carboxylic acids is 3. The number of ether oxygens (including phenoxy) is 3. The van der Waals surface area contributed by atoms with E-state index in [0.29, 0.717) is 29.5 Å². The number of hydrogen-bond acceptors (Lipinski definition) is 6. The molecule has 1 saturated heterocycles. The lowest BCUT2D eigenvalue weighted by Crippen LogP contribution is -3.09. The number of quaternary nitrogens is 1. The molecule has 1 N–H and O–H groups in total. The van der Waals surface area contributed by atoms with Gasteiger partial charge in [0, 0.05) is 5.56 Å². The number of methoxy groups -OCH3 is 3. The monoisotopic (exact) mass is 414 g/mol. The van der Waals surface area contributed by atoms with Crippen LogP contribution in [-0.2, 0) is 16.1 Å². The Morgan fingerprint density at radius 3 is 2.10 bits per heavy atom. The third-order valence-corrected chi connectivity index (χ3v) is 4.77. The van der Waals surface area contributed by atoms with Crippen molar-refractivity contribution in [3.8, 4) is 17.2 Å². The average Bonchev–Trinajstić information content (AvgIpc) is 2.96. The minimum atomic E-state index is -0.871. The lowest BCUT2D eigenvalue weighted by molar-refractivity contribution is -0.901. The lowest BCUT2D eigenvalue weighted by atomic mass is 10.2. The van der Waals surface area contributed by atoms with Gasteiger partial charge in [0.15, 0.2) is 18.2 Å². The Hall–Kier alpha value is -3.59. The molecule has 1 aliphatic rings. The van der Waals surface area contributed by atoms with Crippen molar-refractivity contribution < 1.29 is 33.5 Å². The summed E-state index contributed by atoms with van der Waals surface area (Å²) in [5, 5.41) is 0. The summed E-state index contributed by atoms with van der Waals surface area (Å²) in [5.41, 5.74) is 1.25. The highest BCUT2D eigenvalue weighted by molar-refractivity contribution is 6.52. The number of nitrogens with zero attached hydrogens (tertiary/aromatic N) is 2. The van der Waals surface area contributed by atoms with Crippen LogP contribution in [0.3, 0.4) is 0 Å². The molecule has 1 heterocycles. The molecule has 9 heteroatoms. The summed E-state index contributed by atoms with van der Waals surface area (Å²) in [6, 6.07) is 11.2. The number of anilines is 1. The van der Waals surface area contributed by atoms with Gasteiger partial charge < -0.3 is 19.1 Å². The van der Waals surface area contributed by atoms with Gasteiger partial charge in [-0.25, -0.2) is 14.6 Å². The van der Waals surface area contributed by atoms with Gasteiger partial charge in [-0.15, -0.1) is 0 Å². The smallest absolute Gasteiger partial charge is 0.343 e. The molecular weight excluding hydrogens is 390 g/mol. The third kappa shape index (κ3) is 4.06. The van der Waals surface area contributed by atoms with Crippen molar-refractivity contribution in [3.05, 3.63) is 48.0 Å². The highest BCUT2D eigenvalue weighted by Gasteiger charge is 2.46. The van der Waals surface area contributed by atoms with Crippen LogP contribution >= 0.6 is 0 Å². The van der Waals surface area contributed by atoms with Gasteiger partial charge in [0.2, 0.25) is 0 Å². The zero-order chi connectivity index (χ0) is 21.8. The minimum absolute atomic E-state index is 0.0460. The summed E-state index contributed by atoms with van der Waals surface area (Å²) >= 11 is 0. The molecule has 0 saturated carbocycles. The second-order valence-electron chi connectivity index (χ2n) is 6.84. The van der Waals surface area contributed by atoms with Gasteiger partial charge >= 0.3 is 17.8 Å². The molecule has 0 radical (unpaired) electrons. The fourth-order valence-corrected chi connectivity index (χ4v) is 3.27. The Bertz CT molecular complexity index is 960. The second-order valence-corrected chi connectivity index (χ2v) is 6.84. The van der Waals surface area contributed by atoms with Crippen LogP contribution in [0, 0.1) is 0 Å². The van der Waals surface area contributed by atoms with Crippen LogP contribution in [0.2, 0.25) is 0 Å². The van der Waals surface area contributed by atoms with Crippen molar-refractivity contribution in [2.45, 2.75) is 6.54 Å². The molecule has 2 aromatic carbocycles. The summed E-state index contributed by atoms with van der Waals surface area (Å²) in [4.78, 5) is 40.3. The molecule has 0 bridgehead atoms. The summed E-state index contributed by atoms with van der Waals surface area (Å²) in [6.45, 7) is 0.554. The predicted octanol–water partition coefficient (Wildman–Crippen LogP) is 0.680. The first kappa shape index (κ1) is 21.1. The molecule has 9 nitrogen and oxygen atoms in total. The predicted molar refractivity (Wildman–Crippen MR) is 108 cm³/mol. The fraction of sp³-hybridized carbons (Fsp3) is 0.286. The number of urea groups is 1. The van der Waals surface area contributed by atoms with Gasteiger partial charge in [-0.3, -0.25) is 9.59 Å². The molecule has 0 spiro atoms. The van der Waals surface area contributed by atoms with E-state index >= 15 is 0 Å². The second kappa shape index (κ2) is 8.83. The van der Waals surface area contributed by atoms with Gasteiger partial charge in [0.25, 0.3) is 0 Å². The molecule has 3 rings (SSSR count). The van der Waals surface area contributed by atoms with Gasteiger partial charge in [-0.2, -0.15) is 0 Å². The zero-order valence-electron chi connectivity index (χ0n) is 17.3. The van der Waals surface area contributed by atoms with E-state index in [1.165, 1.54) is 7.11 Å². The van der Waals surface area contributed by atoms with Crippen LogP contribution in [0.1, 0.15) is 5.56 Å². The van der Waals surface area contributed by atoms with E-state index < -0.39 is 17.8 Å². The highest BCUT2D eigenvalue weighted by atomic mass is 16.5. The average molecular weight is 414 g/mol. The van der Waals surface area contributed by atoms with Gasteiger partial charge in [0.05, 0.1) is 34.1 Å². The first-order chi connectivity index (χ1) is 14.4. The fourth-order valence-electron chi connectivity index (χ4n) is 3.27. The van der Waals surface area contributed by atoms with E-state index in [4.69, 9.17) is 14.2 Å². The Labute approximate surface area is 174 Å². The van der Waals surface area contributed by atoms with Crippen LogP contribution in [0.4, 0.5) is 10.5 Å². The topological polar surface area (TPSA) is 89.8 Å². The highest BCUT2D eigenvalue weighted by Crippen LogP contribution is 2.27. The molecule has 0 aliphatic carbocycles. The van der Waals surface area contributed by atoms with Gasteiger partial charge in [-0.1, -0.05) is 0 Å². The van der Waals surface area contributed by atoms with Crippen molar-refractivity contribution in [2.24, 2.45) is 0 Å². The SMILES string of the molecule is COc1ccc(N2C(=O)C(=O)N(C[NH+](C)Cc3ccc(OC)c(OC)c3)C2=O)cc1. The van der Waals surface area contributed by atoms with Crippen molar-refractivity contribution in [1.29, 1.82) is 0 Å². The molecule has 1 unspecified atom stereocenters. The van der Waals surface area contributed by atoms with E-state index in [9.17, 15) is 14.4 Å². The number of hydrogen-bond donors (Lipinski definition) is 1. The Morgan fingerprint density at radius 1 is 0.833 bits per heavy atom. The van der Waals surface area contributed by atoms with Crippen LogP contribution < -0.4 is 24.0 Å². The number of amides is 4. The van der Waals surface area contributed by atoms with E-state index in [1.807, 2.05) is 19.2 Å². The van der Waals surface area contributed by atoms with Crippen LogP contribution in [-0.4, -0.2) is 57.8 Å². The van der Waals surface area contributed by atoms with Gasteiger partial charge in [-0.05, 0) is 42.5 Å². The maximum absolute atomic E-state index is 12.8. The van der Waals surface area contributed by atoms with Crippen LogP contribution in [0.25, 0.3) is 0 Å². The molecule has 4 amide bonds. The molecular formula is C21H24N3O6+. The molecule has 1 fully saturated rings. The molecule has 30 heavy (non-hydrogen) atoms. The zero-order valence-corrected chi connectivity index (χ0v) is 17.3. The maximum Gasteiger partial charge on any atom is 0.343 e. The lowest BCUT2D eigenvalue weighted by Gasteiger charge is -2.20. The van der Waals surface area contributed by atoms with E-state index in [2.05, 4.69) is 0 Å². The number of imide groups is 2. The van der Waals surface area contributed by atoms with Crippen molar-refractivity contribution >= 4 is 23.5 Å². The van der Waals surface area contributed by atoms with E-state index in [1.54, 1.807) is 44.6 Å². The number of benzene rings is 2. The molecule has 1 atom stereocenters. The molecule has 0 aromatic heterocycles. The Kier molecular flexibility index (Phi) is 6.22. The van der Waals surface area contributed by atoms with E-state index in [-0.39, 0.29) is 6.67 Å². The molecule has 158 valence electrons. The van der Waals surface area contributed by atoms with E-state index in [0.717, 1.165) is 20.3 Å². The minimum Gasteiger partial charge on any atom is -0.497 e. The quantitative estimate of drug-likeness (QED) is 0.505. The van der Waals surface area contributed by atoms with Crippen molar-refractivity contribution in [1.82, 2.24) is 4.90 Å². The number of carbonyl (C=O) groups is 3. The van der Waals surface area contributed by atoms with Crippen molar-refractivity contribution in [2.75, 3.05) is 39.9 Å². The Morgan fingerprint density at radius 2 is 1.50 bits per heavy atom. The molecule has 2 aromatic rings. The van der Waals surface area contributed by atoms with Crippen LogP contribution in [0.15, 0.2) is 42.5 Å². The largest absolute Gasteiger partial charge is 0.497 e. The van der Waals surface area contributed by atoms with Crippen LogP contribution in [0.5, 0.6) is 17.2 Å². The normalized spacial score (nSPS) is 14.9. The first-order valence-corrected chi connectivity index (χ1v) is 9.25. The molecule has 1 aliphatic heterocycles. The third-order valence-electron chi connectivity index (χ3n) is 4.77. The Balaban J connectivity index is 1.72. The number of nitrogens with one attached hydrogen (secondary N) is 1. The standard InChI is InChI=1S/C21H23N3O6/c1-22(12-14-5-10-17(29-3)18(11-14)30-4)13-23-19(25)20(26)24(21(23)27)15-6-8-16(28-2)9-7-15/h5-11H,12-13H2,1-4H3/p+1. The summed E-state index contributed by atoms with van der Waals surface area (Å²) in [6.07, 6.45) is 0. The maximum atomic E-state index is 12.8. The summed E-state index contributed by atoms with van der Waals surface area (Å²) in [5.74, 6) is 0.0770. The van der Waals surface area contributed by atoms with Crippen molar-refractivity contribution in [3.63, 3.8) is 0 Å². The summed E-state index contributed by atoms with van der Waals surface area (Å²) < 4.78 is 15.6. The number of rotatable bonds is 8.